The maximum Gasteiger partial charge on any atom is 0.134 e. The second kappa shape index (κ2) is 13.8. The fourth-order valence-corrected chi connectivity index (χ4v) is 4.42. The van der Waals surface area contributed by atoms with Crippen molar-refractivity contribution in [2.75, 3.05) is 66.1 Å². The molecule has 1 N–H and O–H groups in total. The summed E-state index contributed by atoms with van der Waals surface area (Å²) in [5.41, 5.74) is 0.496. The number of halogens is 3. The van der Waals surface area contributed by atoms with E-state index in [0.717, 1.165) is 71.7 Å². The minimum Gasteiger partial charge on any atom is -0.490 e. The molecular weight excluding hydrogens is 600 g/mol. The largest absolute Gasteiger partial charge is 0.490 e. The van der Waals surface area contributed by atoms with Crippen LogP contribution in [0.4, 0.5) is 0 Å². The van der Waals surface area contributed by atoms with Crippen molar-refractivity contribution in [1.29, 1.82) is 0 Å². The van der Waals surface area contributed by atoms with Gasteiger partial charge in [-0.2, -0.15) is 0 Å². The molecule has 6 nitrogen and oxygen atoms in total. The molecule has 2 saturated heterocycles. The normalized spacial score (nSPS) is 18.4. The molecule has 3 rings (SSSR count). The second-order valence-corrected chi connectivity index (χ2v) is 10.5. The molecule has 178 valence electrons. The number of hydrogen-bond donors (Lipinski definition) is 1. The highest BCUT2D eigenvalue weighted by Gasteiger charge is 2.37. The molecule has 0 atom stereocenters. The Kier molecular flexibility index (Phi) is 12.3. The minimum atomic E-state index is 0.112. The Morgan fingerprint density at radius 3 is 1.84 bits per heavy atom. The molecule has 2 aliphatic rings. The van der Waals surface area contributed by atoms with Gasteiger partial charge in [0.1, 0.15) is 12.4 Å². The summed E-state index contributed by atoms with van der Waals surface area (Å²) >= 11 is 10.4. The van der Waals surface area contributed by atoms with Crippen LogP contribution in [0.2, 0.25) is 0 Å². The van der Waals surface area contributed by atoms with Crippen molar-refractivity contribution in [1.82, 2.24) is 0 Å². The average molecular weight is 633 g/mol. The Labute approximate surface area is 210 Å². The fraction of sp³-hybridized carbons (Fsp3) is 0.727. The molecule has 1 aromatic rings. The Bertz CT molecular complexity index is 654. The van der Waals surface area contributed by atoms with Crippen molar-refractivity contribution in [3.63, 3.8) is 0 Å². The number of rotatable bonds is 12. The van der Waals surface area contributed by atoms with Crippen molar-refractivity contribution in [2.45, 2.75) is 26.7 Å². The third-order valence-corrected chi connectivity index (χ3v) is 9.01. The summed E-state index contributed by atoms with van der Waals surface area (Å²) in [4.78, 5) is 0. The van der Waals surface area contributed by atoms with E-state index in [2.05, 4.69) is 61.6 Å². The van der Waals surface area contributed by atoms with E-state index in [9.17, 15) is 0 Å². The Hall–Kier alpha value is 0.260. The molecule has 0 bridgehead atoms. The molecule has 0 aromatic heterocycles. The monoisotopic (exact) mass is 630 g/mol. The van der Waals surface area contributed by atoms with Crippen LogP contribution in [0.3, 0.4) is 0 Å². The molecule has 0 radical (unpaired) electrons. The molecule has 9 heteroatoms. The van der Waals surface area contributed by atoms with Crippen molar-refractivity contribution >= 4 is 47.8 Å². The topological polar surface area (TPSA) is 66.4 Å². The third-order valence-electron chi connectivity index (χ3n) is 5.67. The van der Waals surface area contributed by atoms with E-state index in [1.807, 2.05) is 12.1 Å². The molecule has 0 spiro atoms. The number of aliphatic hydroxyl groups is 1. The van der Waals surface area contributed by atoms with Crippen LogP contribution in [0.15, 0.2) is 25.6 Å². The first-order valence-corrected chi connectivity index (χ1v) is 13.0. The SMILES string of the molecule is CCC1(COCCO)COC1.CCC1(COCCOc2ccc(Br)c(Br)c2Br)COC1. The van der Waals surface area contributed by atoms with Crippen LogP contribution >= 0.6 is 47.8 Å². The lowest BCUT2D eigenvalue weighted by atomic mass is 9.84. The summed E-state index contributed by atoms with van der Waals surface area (Å²) in [7, 11) is 0. The fourth-order valence-electron chi connectivity index (χ4n) is 3.03. The van der Waals surface area contributed by atoms with Gasteiger partial charge in [-0.15, -0.1) is 0 Å². The molecule has 31 heavy (non-hydrogen) atoms. The molecule has 0 saturated carbocycles. The van der Waals surface area contributed by atoms with Gasteiger partial charge < -0.3 is 28.8 Å². The molecule has 0 amide bonds. The van der Waals surface area contributed by atoms with Crippen LogP contribution in [0.25, 0.3) is 0 Å². The van der Waals surface area contributed by atoms with Crippen LogP contribution in [0.5, 0.6) is 5.75 Å². The molecule has 2 heterocycles. The number of ether oxygens (including phenoxy) is 5. The van der Waals surface area contributed by atoms with E-state index in [4.69, 9.17) is 28.8 Å². The number of hydrogen-bond acceptors (Lipinski definition) is 6. The van der Waals surface area contributed by atoms with Gasteiger partial charge in [0, 0.05) is 19.8 Å². The number of aliphatic hydroxyl groups excluding tert-OH is 1. The van der Waals surface area contributed by atoms with Gasteiger partial charge in [-0.25, -0.2) is 0 Å². The van der Waals surface area contributed by atoms with Gasteiger partial charge in [-0.1, -0.05) is 13.8 Å². The molecule has 0 aliphatic carbocycles. The van der Waals surface area contributed by atoms with Gasteiger partial charge in [0.15, 0.2) is 0 Å². The van der Waals surface area contributed by atoms with Crippen LogP contribution < -0.4 is 4.74 Å². The van der Waals surface area contributed by atoms with Crippen LogP contribution in [0.1, 0.15) is 26.7 Å². The quantitative estimate of drug-likeness (QED) is 0.252. The van der Waals surface area contributed by atoms with E-state index in [-0.39, 0.29) is 17.4 Å². The lowest BCUT2D eigenvalue weighted by Crippen LogP contribution is -2.45. The number of benzene rings is 1. The summed E-state index contributed by atoms with van der Waals surface area (Å²) in [5, 5.41) is 8.47. The highest BCUT2D eigenvalue weighted by Crippen LogP contribution is 2.38. The van der Waals surface area contributed by atoms with Crippen molar-refractivity contribution in [3.8, 4) is 5.75 Å². The molecule has 2 aliphatic heterocycles. The summed E-state index contributed by atoms with van der Waals surface area (Å²) in [6.45, 7) is 10.7. The van der Waals surface area contributed by atoms with Gasteiger partial charge in [0.25, 0.3) is 0 Å². The lowest BCUT2D eigenvalue weighted by Gasteiger charge is -2.40. The minimum absolute atomic E-state index is 0.112. The van der Waals surface area contributed by atoms with Crippen LogP contribution in [0, 0.1) is 10.8 Å². The van der Waals surface area contributed by atoms with E-state index >= 15 is 0 Å². The maximum absolute atomic E-state index is 8.47. The molecule has 1 aromatic carbocycles. The van der Waals surface area contributed by atoms with Crippen molar-refractivity contribution in [3.05, 3.63) is 25.6 Å². The smallest absolute Gasteiger partial charge is 0.134 e. The van der Waals surface area contributed by atoms with E-state index in [0.29, 0.717) is 19.8 Å². The maximum atomic E-state index is 8.47. The first-order valence-electron chi connectivity index (χ1n) is 10.6. The predicted octanol–water partition coefficient (Wildman–Crippen LogP) is 5.22. The summed E-state index contributed by atoms with van der Waals surface area (Å²) < 4.78 is 29.9. The molecule has 2 fully saturated rings. The summed E-state index contributed by atoms with van der Waals surface area (Å²) in [5.74, 6) is 0.806. The van der Waals surface area contributed by atoms with Crippen molar-refractivity contribution in [2.24, 2.45) is 10.8 Å². The van der Waals surface area contributed by atoms with E-state index in [1.54, 1.807) is 0 Å². The Morgan fingerprint density at radius 2 is 1.39 bits per heavy atom. The second-order valence-electron chi connectivity index (χ2n) is 8.04. The first kappa shape index (κ1) is 27.5. The van der Waals surface area contributed by atoms with E-state index in [1.165, 1.54) is 0 Å². The molecular formula is C22H33Br3O6. The van der Waals surface area contributed by atoms with Crippen molar-refractivity contribution < 1.29 is 28.8 Å². The van der Waals surface area contributed by atoms with Crippen LogP contribution in [-0.2, 0) is 18.9 Å². The summed E-state index contributed by atoms with van der Waals surface area (Å²) in [6.07, 6.45) is 2.19. The standard InChI is InChI=1S/C14H17Br3O3.C8H16O3/c1-2-14(8-19-9-14)7-18-5-6-20-11-4-3-10(15)12(16)13(11)17;1-2-8(6-11-7-8)5-10-4-3-9/h3-4H,2,5-9H2,1H3;9H,2-7H2,1H3. The van der Waals surface area contributed by atoms with Gasteiger partial charge in [-0.05, 0) is 72.8 Å². The van der Waals surface area contributed by atoms with Gasteiger partial charge in [0.05, 0.1) is 63.9 Å². The summed E-state index contributed by atoms with van der Waals surface area (Å²) in [6, 6.07) is 3.87. The van der Waals surface area contributed by atoms with Gasteiger partial charge in [0.2, 0.25) is 0 Å². The predicted molar refractivity (Wildman–Crippen MR) is 131 cm³/mol. The first-order chi connectivity index (χ1) is 14.9. The zero-order valence-corrected chi connectivity index (χ0v) is 23.0. The third kappa shape index (κ3) is 8.21. The highest BCUT2D eigenvalue weighted by molar-refractivity contribution is 9.14. The Morgan fingerprint density at radius 1 is 0.839 bits per heavy atom. The van der Waals surface area contributed by atoms with Gasteiger partial charge >= 0.3 is 0 Å². The zero-order valence-electron chi connectivity index (χ0n) is 18.3. The van der Waals surface area contributed by atoms with Gasteiger partial charge in [-0.3, -0.25) is 0 Å². The van der Waals surface area contributed by atoms with Crippen LogP contribution in [-0.4, -0.2) is 71.2 Å². The highest BCUT2D eigenvalue weighted by atomic mass is 79.9. The lowest BCUT2D eigenvalue weighted by molar-refractivity contribution is -0.151. The Balaban J connectivity index is 0.000000262. The average Bonchev–Trinajstić information content (AvgIpc) is 2.72. The zero-order chi connectivity index (χ0) is 22.7. The molecule has 0 unspecified atom stereocenters. The van der Waals surface area contributed by atoms with E-state index < -0.39 is 0 Å².